The predicted octanol–water partition coefficient (Wildman–Crippen LogP) is 2.35. The molecule has 0 unspecified atom stereocenters. The first-order valence-electron chi connectivity index (χ1n) is 7.45. The molecule has 0 amide bonds. The fraction of sp³-hybridized carbons (Fsp3) is 0.125. The number of aryl methyl sites for hydroxylation is 1. The molecule has 1 N–H and O–H groups in total. The highest BCUT2D eigenvalue weighted by molar-refractivity contribution is 6.21. The molecular weight excluding hydrogens is 403 g/mol. The third kappa shape index (κ3) is 3.49. The summed E-state index contributed by atoms with van der Waals surface area (Å²) in [5.41, 5.74) is -4.57. The molecule has 2 heterocycles. The molecule has 0 saturated carbocycles. The Morgan fingerprint density at radius 3 is 2.57 bits per heavy atom. The highest BCUT2D eigenvalue weighted by atomic mass is 35.5. The molecule has 1 aromatic carbocycles. The lowest BCUT2D eigenvalue weighted by atomic mass is 10.2. The van der Waals surface area contributed by atoms with Gasteiger partial charge in [0, 0.05) is 25.2 Å². The van der Waals surface area contributed by atoms with E-state index >= 15 is 0 Å². The number of halogens is 4. The summed E-state index contributed by atoms with van der Waals surface area (Å²) in [6.07, 6.45) is 1.41. The van der Waals surface area contributed by atoms with Gasteiger partial charge in [-0.2, -0.15) is 19.1 Å². The van der Waals surface area contributed by atoms with Gasteiger partial charge >= 0.3 is 11.1 Å². The highest BCUT2D eigenvalue weighted by Gasteiger charge is 2.30. The fourth-order valence-corrected chi connectivity index (χ4v) is 2.44. The Bertz CT molecular complexity index is 1190. The van der Waals surface area contributed by atoms with Gasteiger partial charge < -0.3 is 9.72 Å². The van der Waals surface area contributed by atoms with E-state index in [1.54, 1.807) is 18.1 Å². The molecule has 0 spiro atoms. The molecule has 2 aromatic heterocycles. The van der Waals surface area contributed by atoms with Crippen molar-refractivity contribution in [3.63, 3.8) is 0 Å². The van der Waals surface area contributed by atoms with Gasteiger partial charge in [-0.1, -0.05) is 0 Å². The molecule has 3 rings (SSSR count). The summed E-state index contributed by atoms with van der Waals surface area (Å²) >= 11 is 4.80. The first kappa shape index (κ1) is 19.2. The van der Waals surface area contributed by atoms with Gasteiger partial charge in [-0.3, -0.25) is 4.79 Å². The maximum Gasteiger partial charge on any atom is 0.362 e. The van der Waals surface area contributed by atoms with Gasteiger partial charge in [-0.25, -0.2) is 18.4 Å². The van der Waals surface area contributed by atoms with Crippen LogP contribution in [0.1, 0.15) is 11.3 Å². The minimum absolute atomic E-state index is 0.180. The van der Waals surface area contributed by atoms with E-state index in [2.05, 4.69) is 5.10 Å². The maximum absolute atomic E-state index is 14.4. The number of ether oxygens (including phenoxy) is 1. The van der Waals surface area contributed by atoms with E-state index in [0.29, 0.717) is 6.07 Å². The normalized spacial score (nSPS) is 11.3. The molecule has 0 fully saturated rings. The zero-order chi connectivity index (χ0) is 20.6. The van der Waals surface area contributed by atoms with Gasteiger partial charge in [0.1, 0.15) is 23.3 Å². The van der Waals surface area contributed by atoms with Gasteiger partial charge in [0.25, 0.3) is 5.56 Å². The lowest BCUT2D eigenvalue weighted by molar-refractivity contribution is 0.0892. The molecule has 0 bridgehead atoms. The molecule has 0 saturated heterocycles. The monoisotopic (exact) mass is 411 g/mol. The molecule has 28 heavy (non-hydrogen) atoms. The number of benzene rings is 1. The molecule has 0 aliphatic carbocycles. The SMILES string of the molecule is Cn1nccc1Oc1cc(-n2c(=O)cc(C(F)(F)Cl)[nH]c2=O)c(F)cc1C#N. The Hall–Kier alpha value is -3.52. The van der Waals surface area contributed by atoms with Crippen LogP contribution in [0.5, 0.6) is 11.6 Å². The van der Waals surface area contributed by atoms with Crippen LogP contribution in [0.2, 0.25) is 0 Å². The van der Waals surface area contributed by atoms with Crippen molar-refractivity contribution in [1.29, 1.82) is 5.26 Å². The Balaban J connectivity index is 2.20. The van der Waals surface area contributed by atoms with Gasteiger partial charge in [0.2, 0.25) is 5.88 Å². The second-order valence-electron chi connectivity index (χ2n) is 5.47. The van der Waals surface area contributed by atoms with Crippen LogP contribution in [0.15, 0.2) is 40.1 Å². The van der Waals surface area contributed by atoms with Crippen LogP contribution in [-0.2, 0) is 12.4 Å². The second kappa shape index (κ2) is 6.90. The largest absolute Gasteiger partial charge is 0.438 e. The van der Waals surface area contributed by atoms with Crippen molar-refractivity contribution in [3.05, 3.63) is 68.4 Å². The van der Waals surface area contributed by atoms with Crippen LogP contribution in [-0.4, -0.2) is 19.3 Å². The summed E-state index contributed by atoms with van der Waals surface area (Å²) < 4.78 is 47.8. The number of hydrogen-bond donors (Lipinski definition) is 1. The van der Waals surface area contributed by atoms with Gasteiger partial charge in [-0.05, 0) is 17.7 Å². The maximum atomic E-state index is 14.4. The third-order valence-electron chi connectivity index (χ3n) is 3.64. The van der Waals surface area contributed by atoms with Crippen molar-refractivity contribution >= 4 is 11.6 Å². The minimum Gasteiger partial charge on any atom is -0.438 e. The lowest BCUT2D eigenvalue weighted by Crippen LogP contribution is -2.36. The van der Waals surface area contributed by atoms with E-state index < -0.39 is 33.8 Å². The van der Waals surface area contributed by atoms with Crippen LogP contribution in [0.4, 0.5) is 13.2 Å². The second-order valence-corrected chi connectivity index (χ2v) is 5.94. The molecule has 12 heteroatoms. The van der Waals surface area contributed by atoms with E-state index in [0.717, 1.165) is 12.1 Å². The molecule has 0 radical (unpaired) electrons. The number of nitriles is 1. The lowest BCUT2D eigenvalue weighted by Gasteiger charge is -2.13. The van der Waals surface area contributed by atoms with Crippen LogP contribution >= 0.6 is 11.6 Å². The fourth-order valence-electron chi connectivity index (χ4n) is 2.34. The average Bonchev–Trinajstić information content (AvgIpc) is 3.00. The van der Waals surface area contributed by atoms with E-state index in [9.17, 15) is 28.0 Å². The number of H-pyrrole nitrogens is 1. The zero-order valence-electron chi connectivity index (χ0n) is 13.9. The molecule has 144 valence electrons. The van der Waals surface area contributed by atoms with Crippen LogP contribution in [0.3, 0.4) is 0 Å². The Morgan fingerprint density at radius 1 is 1.32 bits per heavy atom. The summed E-state index contributed by atoms with van der Waals surface area (Å²) in [5.74, 6) is -1.11. The summed E-state index contributed by atoms with van der Waals surface area (Å²) in [6, 6.07) is 5.22. The molecule has 3 aromatic rings. The number of hydrogen-bond acceptors (Lipinski definition) is 5. The molecule has 0 aliphatic heterocycles. The van der Waals surface area contributed by atoms with Crippen LogP contribution < -0.4 is 16.0 Å². The number of aromatic nitrogens is 4. The van der Waals surface area contributed by atoms with Crippen molar-refractivity contribution in [2.24, 2.45) is 7.05 Å². The standard InChI is InChI=1S/C16H9ClF3N5O3/c1-24-14(2-3-22-24)28-11-5-10(9(18)4-8(11)7-21)25-13(26)6-12(16(17,19)20)23-15(25)27/h2-6H,1H3,(H,23,27). The van der Waals surface area contributed by atoms with Crippen molar-refractivity contribution in [3.8, 4) is 23.4 Å². The summed E-state index contributed by atoms with van der Waals surface area (Å²) in [4.78, 5) is 26.0. The number of nitrogens with zero attached hydrogens (tertiary/aromatic N) is 4. The average molecular weight is 412 g/mol. The molecule has 0 atom stereocenters. The smallest absolute Gasteiger partial charge is 0.362 e. The predicted molar refractivity (Wildman–Crippen MR) is 90.4 cm³/mol. The van der Waals surface area contributed by atoms with E-state index in [1.165, 1.54) is 16.9 Å². The van der Waals surface area contributed by atoms with Crippen LogP contribution in [0, 0.1) is 17.1 Å². The van der Waals surface area contributed by atoms with Crippen molar-refractivity contribution in [1.82, 2.24) is 19.3 Å². The zero-order valence-corrected chi connectivity index (χ0v) is 14.7. The third-order valence-corrected chi connectivity index (χ3v) is 3.84. The van der Waals surface area contributed by atoms with Crippen molar-refractivity contribution in [2.75, 3.05) is 0 Å². The van der Waals surface area contributed by atoms with Gasteiger partial charge in [0.05, 0.1) is 17.4 Å². The van der Waals surface area contributed by atoms with Gasteiger partial charge in [-0.15, -0.1) is 0 Å². The summed E-state index contributed by atoms with van der Waals surface area (Å²) in [7, 11) is 1.55. The number of alkyl halides is 3. The Labute approximate surface area is 159 Å². The summed E-state index contributed by atoms with van der Waals surface area (Å²) in [5, 5.41) is 9.06. The van der Waals surface area contributed by atoms with E-state index in [1.807, 2.05) is 0 Å². The molecular formula is C16H9ClF3N5O3. The number of rotatable bonds is 4. The quantitative estimate of drug-likeness (QED) is 0.663. The van der Waals surface area contributed by atoms with Crippen molar-refractivity contribution < 1.29 is 17.9 Å². The Kier molecular flexibility index (Phi) is 4.74. The topological polar surface area (TPSA) is 106 Å². The summed E-state index contributed by atoms with van der Waals surface area (Å²) in [6.45, 7) is 0. The first-order valence-corrected chi connectivity index (χ1v) is 7.83. The number of nitrogens with one attached hydrogen (secondary N) is 1. The van der Waals surface area contributed by atoms with E-state index in [4.69, 9.17) is 16.3 Å². The Morgan fingerprint density at radius 2 is 2.04 bits per heavy atom. The molecule has 8 nitrogen and oxygen atoms in total. The first-order chi connectivity index (χ1) is 13.1. The number of aromatic amines is 1. The van der Waals surface area contributed by atoms with Gasteiger partial charge in [0.15, 0.2) is 0 Å². The highest BCUT2D eigenvalue weighted by Crippen LogP contribution is 2.30. The van der Waals surface area contributed by atoms with E-state index in [-0.39, 0.29) is 21.8 Å². The molecule has 0 aliphatic rings. The van der Waals surface area contributed by atoms with Crippen molar-refractivity contribution in [2.45, 2.75) is 5.38 Å². The minimum atomic E-state index is -3.99. The van der Waals surface area contributed by atoms with Crippen LogP contribution in [0.25, 0.3) is 5.69 Å².